The molecule has 1 atom stereocenters. The average molecular weight is 388 g/mol. The van der Waals surface area contributed by atoms with Crippen LogP contribution in [0.2, 0.25) is 0 Å². The third-order valence-electron chi connectivity index (χ3n) is 4.25. The fourth-order valence-electron chi connectivity index (χ4n) is 2.96. The molecule has 2 aliphatic heterocycles. The van der Waals surface area contributed by atoms with Gasteiger partial charge in [-0.05, 0) is 29.7 Å². The zero-order valence-electron chi connectivity index (χ0n) is 14.0. The maximum Gasteiger partial charge on any atom is 0.242 e. The standard InChI is InChI=1S/C18H16N2O4S2/c1-22-13-7-15-14(23-10-24-15)5-12(13)6-16-17(21)20(18(25)26-16)9-11-3-2-4-19-8-11/h2-5,7-8,16H,6,9-10H2,1H3/t16-/m1/s1. The second-order valence-electron chi connectivity index (χ2n) is 5.88. The van der Waals surface area contributed by atoms with E-state index in [0.717, 1.165) is 11.1 Å². The molecule has 1 saturated heterocycles. The minimum atomic E-state index is -0.284. The highest BCUT2D eigenvalue weighted by Gasteiger charge is 2.37. The SMILES string of the molecule is COc1cc2c(cc1C[C@H]1SC(=S)N(Cc3cccnc3)C1=O)OCO2. The Balaban J connectivity index is 1.53. The highest BCUT2D eigenvalue weighted by Crippen LogP contribution is 2.40. The Morgan fingerprint density at radius 1 is 1.38 bits per heavy atom. The molecule has 0 saturated carbocycles. The van der Waals surface area contributed by atoms with Crippen LogP contribution in [0.4, 0.5) is 0 Å². The molecule has 1 aromatic carbocycles. The largest absolute Gasteiger partial charge is 0.496 e. The number of ether oxygens (including phenoxy) is 3. The first-order valence-corrected chi connectivity index (χ1v) is 9.32. The van der Waals surface area contributed by atoms with Crippen LogP contribution in [0.1, 0.15) is 11.1 Å². The Morgan fingerprint density at radius 3 is 2.92 bits per heavy atom. The van der Waals surface area contributed by atoms with Gasteiger partial charge in [-0.15, -0.1) is 0 Å². The second kappa shape index (κ2) is 7.13. The topological polar surface area (TPSA) is 60.9 Å². The average Bonchev–Trinajstić information content (AvgIpc) is 3.21. The summed E-state index contributed by atoms with van der Waals surface area (Å²) < 4.78 is 16.9. The first kappa shape index (κ1) is 17.1. The number of hydrogen-bond acceptors (Lipinski definition) is 7. The molecule has 0 N–H and O–H groups in total. The summed E-state index contributed by atoms with van der Waals surface area (Å²) in [4.78, 5) is 18.6. The normalized spacial score (nSPS) is 18.5. The van der Waals surface area contributed by atoms with E-state index in [9.17, 15) is 4.79 Å². The molecule has 2 aromatic rings. The van der Waals surface area contributed by atoms with Crippen molar-refractivity contribution in [2.45, 2.75) is 18.2 Å². The number of hydrogen-bond donors (Lipinski definition) is 0. The number of fused-ring (bicyclic) bond motifs is 1. The van der Waals surface area contributed by atoms with Gasteiger partial charge in [0.25, 0.3) is 0 Å². The molecule has 8 heteroatoms. The maximum atomic E-state index is 12.9. The van der Waals surface area contributed by atoms with Crippen molar-refractivity contribution in [2.75, 3.05) is 13.9 Å². The van der Waals surface area contributed by atoms with Gasteiger partial charge in [0.2, 0.25) is 12.7 Å². The zero-order chi connectivity index (χ0) is 18.1. The van der Waals surface area contributed by atoms with E-state index in [2.05, 4.69) is 4.98 Å². The van der Waals surface area contributed by atoms with Gasteiger partial charge in [-0.25, -0.2) is 0 Å². The number of pyridine rings is 1. The van der Waals surface area contributed by atoms with Gasteiger partial charge >= 0.3 is 0 Å². The van der Waals surface area contributed by atoms with Crippen LogP contribution in [0.3, 0.4) is 0 Å². The molecule has 1 fully saturated rings. The van der Waals surface area contributed by atoms with Crippen LogP contribution >= 0.6 is 24.0 Å². The van der Waals surface area contributed by atoms with E-state index in [1.54, 1.807) is 30.5 Å². The fraction of sp³-hybridized carbons (Fsp3) is 0.278. The molecular formula is C18H16N2O4S2. The fourth-order valence-corrected chi connectivity index (χ4v) is 4.48. The van der Waals surface area contributed by atoms with Crippen LogP contribution in [0.25, 0.3) is 0 Å². The first-order valence-electron chi connectivity index (χ1n) is 8.03. The molecule has 0 unspecified atom stereocenters. The van der Waals surface area contributed by atoms with Crippen molar-refractivity contribution in [3.05, 3.63) is 47.8 Å². The summed E-state index contributed by atoms with van der Waals surface area (Å²) in [6.07, 6.45) is 3.96. The molecule has 0 aliphatic carbocycles. The summed E-state index contributed by atoms with van der Waals surface area (Å²) in [6, 6.07) is 7.46. The Labute approximate surface area is 160 Å². The van der Waals surface area contributed by atoms with Gasteiger partial charge in [-0.3, -0.25) is 14.7 Å². The monoisotopic (exact) mass is 388 g/mol. The molecular weight excluding hydrogens is 372 g/mol. The summed E-state index contributed by atoms with van der Waals surface area (Å²) in [5.74, 6) is 2.01. The van der Waals surface area contributed by atoms with Crippen molar-refractivity contribution >= 4 is 34.2 Å². The number of amides is 1. The number of methoxy groups -OCH3 is 1. The lowest BCUT2D eigenvalue weighted by Gasteiger charge is -2.16. The number of nitrogens with zero attached hydrogens (tertiary/aromatic N) is 2. The third-order valence-corrected chi connectivity index (χ3v) is 5.83. The van der Waals surface area contributed by atoms with Crippen molar-refractivity contribution in [1.82, 2.24) is 9.88 Å². The number of benzene rings is 1. The molecule has 6 nitrogen and oxygen atoms in total. The van der Waals surface area contributed by atoms with Crippen LogP contribution in [0.15, 0.2) is 36.7 Å². The number of rotatable bonds is 5. The van der Waals surface area contributed by atoms with Gasteiger partial charge in [0.1, 0.15) is 10.1 Å². The van der Waals surface area contributed by atoms with Gasteiger partial charge in [-0.1, -0.05) is 30.0 Å². The lowest BCUT2D eigenvalue weighted by Crippen LogP contribution is -2.31. The van der Waals surface area contributed by atoms with Crippen LogP contribution in [0, 0.1) is 0 Å². The lowest BCUT2D eigenvalue weighted by molar-refractivity contribution is -0.126. The van der Waals surface area contributed by atoms with Crippen molar-refractivity contribution in [3.63, 3.8) is 0 Å². The van der Waals surface area contributed by atoms with E-state index in [1.165, 1.54) is 11.8 Å². The molecule has 1 amide bonds. The number of thioether (sulfide) groups is 1. The Morgan fingerprint density at radius 2 is 2.19 bits per heavy atom. The number of carbonyl (C=O) groups is 1. The van der Waals surface area contributed by atoms with Crippen molar-refractivity contribution in [2.24, 2.45) is 0 Å². The molecule has 3 heterocycles. The Bertz CT molecular complexity index is 860. The molecule has 4 rings (SSSR count). The third kappa shape index (κ3) is 3.22. The lowest BCUT2D eigenvalue weighted by atomic mass is 10.1. The van der Waals surface area contributed by atoms with Crippen molar-refractivity contribution in [1.29, 1.82) is 0 Å². The summed E-state index contributed by atoms with van der Waals surface area (Å²) >= 11 is 6.83. The minimum absolute atomic E-state index is 0.00331. The molecule has 0 radical (unpaired) electrons. The zero-order valence-corrected chi connectivity index (χ0v) is 15.6. The number of aromatic nitrogens is 1. The van der Waals surface area contributed by atoms with E-state index in [-0.39, 0.29) is 18.0 Å². The molecule has 134 valence electrons. The van der Waals surface area contributed by atoms with Gasteiger partial charge in [0.15, 0.2) is 11.5 Å². The van der Waals surface area contributed by atoms with E-state index >= 15 is 0 Å². The molecule has 0 spiro atoms. The van der Waals surface area contributed by atoms with E-state index in [4.69, 9.17) is 26.4 Å². The molecule has 0 bridgehead atoms. The Kier molecular flexibility index (Phi) is 4.69. The quantitative estimate of drug-likeness (QED) is 0.730. The first-order chi connectivity index (χ1) is 12.7. The second-order valence-corrected chi connectivity index (χ2v) is 7.72. The number of carbonyl (C=O) groups excluding carboxylic acids is 1. The predicted molar refractivity (Wildman–Crippen MR) is 102 cm³/mol. The van der Waals surface area contributed by atoms with Crippen LogP contribution < -0.4 is 14.2 Å². The van der Waals surface area contributed by atoms with E-state index < -0.39 is 0 Å². The summed E-state index contributed by atoms with van der Waals surface area (Å²) in [5.41, 5.74) is 1.85. The van der Waals surface area contributed by atoms with Gasteiger partial charge in [0.05, 0.1) is 18.9 Å². The van der Waals surface area contributed by atoms with Crippen LogP contribution in [-0.4, -0.2) is 39.3 Å². The highest BCUT2D eigenvalue weighted by molar-refractivity contribution is 8.24. The van der Waals surface area contributed by atoms with Crippen molar-refractivity contribution < 1.29 is 19.0 Å². The summed E-state index contributed by atoms with van der Waals surface area (Å²) in [5, 5.41) is -0.284. The molecule has 26 heavy (non-hydrogen) atoms. The van der Waals surface area contributed by atoms with E-state index in [1.807, 2.05) is 18.2 Å². The van der Waals surface area contributed by atoms with Gasteiger partial charge in [0, 0.05) is 18.5 Å². The van der Waals surface area contributed by atoms with Crippen LogP contribution in [0.5, 0.6) is 17.2 Å². The van der Waals surface area contributed by atoms with Crippen LogP contribution in [-0.2, 0) is 17.8 Å². The summed E-state index contributed by atoms with van der Waals surface area (Å²) in [6.45, 7) is 0.634. The maximum absolute atomic E-state index is 12.9. The van der Waals surface area contributed by atoms with Gasteiger partial charge < -0.3 is 14.2 Å². The predicted octanol–water partition coefficient (Wildman–Crippen LogP) is 2.79. The van der Waals surface area contributed by atoms with Gasteiger partial charge in [-0.2, -0.15) is 0 Å². The summed E-state index contributed by atoms with van der Waals surface area (Å²) in [7, 11) is 1.60. The smallest absolute Gasteiger partial charge is 0.242 e. The Hall–Kier alpha value is -2.32. The number of thiocarbonyl (C=S) groups is 1. The molecule has 1 aromatic heterocycles. The molecule has 2 aliphatic rings. The van der Waals surface area contributed by atoms with Crippen molar-refractivity contribution in [3.8, 4) is 17.2 Å². The van der Waals surface area contributed by atoms with E-state index in [0.29, 0.717) is 34.5 Å². The highest BCUT2D eigenvalue weighted by atomic mass is 32.2. The minimum Gasteiger partial charge on any atom is -0.496 e.